The van der Waals surface area contributed by atoms with Gasteiger partial charge in [-0.05, 0) is 42.5 Å². The summed E-state index contributed by atoms with van der Waals surface area (Å²) >= 11 is 1.66. The van der Waals surface area contributed by atoms with E-state index in [1.807, 2.05) is 42.7 Å². The summed E-state index contributed by atoms with van der Waals surface area (Å²) in [4.78, 5) is 17.0. The highest BCUT2D eigenvalue weighted by Crippen LogP contribution is 2.19. The third-order valence-corrected chi connectivity index (χ3v) is 3.44. The van der Waals surface area contributed by atoms with Gasteiger partial charge in [0, 0.05) is 29.4 Å². The maximum Gasteiger partial charge on any atom is 0.224 e. The zero-order valence-corrected chi connectivity index (χ0v) is 11.6. The zero-order valence-electron chi connectivity index (χ0n) is 10.8. The van der Waals surface area contributed by atoms with E-state index in [9.17, 15) is 4.79 Å². The van der Waals surface area contributed by atoms with Crippen LogP contribution in [0.1, 0.15) is 12.0 Å². The number of carbonyl (C=O) groups is 1. The van der Waals surface area contributed by atoms with Crippen LogP contribution in [0.3, 0.4) is 0 Å². The number of thioether (sulfide) groups is 1. The topological polar surface area (TPSA) is 42.0 Å². The Balaban J connectivity index is 1.87. The van der Waals surface area contributed by atoms with Crippen molar-refractivity contribution in [1.82, 2.24) is 4.98 Å². The van der Waals surface area contributed by atoms with Gasteiger partial charge in [0.2, 0.25) is 5.91 Å². The van der Waals surface area contributed by atoms with Gasteiger partial charge in [0.1, 0.15) is 0 Å². The first-order valence-corrected chi connectivity index (χ1v) is 7.33. The van der Waals surface area contributed by atoms with E-state index < -0.39 is 0 Å². The van der Waals surface area contributed by atoms with Gasteiger partial charge in [-0.2, -0.15) is 0 Å². The molecule has 19 heavy (non-hydrogen) atoms. The summed E-state index contributed by atoms with van der Waals surface area (Å²) in [6, 6.07) is 11.7. The van der Waals surface area contributed by atoms with Gasteiger partial charge in [-0.15, -0.1) is 11.8 Å². The third-order valence-electron chi connectivity index (χ3n) is 2.72. The van der Waals surface area contributed by atoms with Gasteiger partial charge >= 0.3 is 0 Å². The lowest BCUT2D eigenvalue weighted by molar-refractivity contribution is -0.116. The van der Waals surface area contributed by atoms with Crippen LogP contribution < -0.4 is 5.32 Å². The molecule has 0 atom stereocenters. The Morgan fingerprint density at radius 2 is 2.21 bits per heavy atom. The number of nitrogens with one attached hydrogen (secondary N) is 1. The number of rotatable bonds is 5. The molecule has 2 rings (SSSR count). The first kappa shape index (κ1) is 13.6. The number of anilines is 1. The third kappa shape index (κ3) is 4.41. The van der Waals surface area contributed by atoms with Crippen LogP contribution in [0.4, 0.5) is 5.69 Å². The summed E-state index contributed by atoms with van der Waals surface area (Å²) < 4.78 is 0. The lowest BCUT2D eigenvalue weighted by Gasteiger charge is -2.06. The smallest absolute Gasteiger partial charge is 0.224 e. The van der Waals surface area contributed by atoms with E-state index in [-0.39, 0.29) is 5.91 Å². The molecule has 0 radical (unpaired) electrons. The van der Waals surface area contributed by atoms with Crippen LogP contribution in [-0.4, -0.2) is 17.1 Å². The van der Waals surface area contributed by atoms with E-state index >= 15 is 0 Å². The van der Waals surface area contributed by atoms with E-state index in [4.69, 9.17) is 0 Å². The molecule has 1 N–H and O–H groups in total. The van der Waals surface area contributed by atoms with Crippen LogP contribution in [0, 0.1) is 0 Å². The molecule has 1 aromatic heterocycles. The number of aryl methyl sites for hydroxylation is 1. The van der Waals surface area contributed by atoms with E-state index in [1.54, 1.807) is 24.2 Å². The minimum atomic E-state index is 0.0297. The average molecular weight is 272 g/mol. The summed E-state index contributed by atoms with van der Waals surface area (Å²) in [7, 11) is 0. The molecule has 0 aliphatic carbocycles. The number of hydrogen-bond donors (Lipinski definition) is 1. The Morgan fingerprint density at radius 3 is 2.95 bits per heavy atom. The maximum absolute atomic E-state index is 11.8. The first-order valence-electron chi connectivity index (χ1n) is 6.11. The number of nitrogens with zero attached hydrogens (tertiary/aromatic N) is 1. The summed E-state index contributed by atoms with van der Waals surface area (Å²) in [5.41, 5.74) is 1.93. The Labute approximate surface area is 117 Å². The van der Waals surface area contributed by atoms with Crippen LogP contribution in [-0.2, 0) is 11.2 Å². The van der Waals surface area contributed by atoms with E-state index in [0.717, 1.165) is 16.1 Å². The monoisotopic (exact) mass is 272 g/mol. The second-order valence-electron chi connectivity index (χ2n) is 4.14. The minimum absolute atomic E-state index is 0.0297. The van der Waals surface area contributed by atoms with Crippen LogP contribution in [0.5, 0.6) is 0 Å². The molecule has 1 amide bonds. The van der Waals surface area contributed by atoms with Crippen LogP contribution in [0.15, 0.2) is 53.7 Å². The van der Waals surface area contributed by atoms with Crippen molar-refractivity contribution in [3.05, 3.63) is 54.4 Å². The molecular weight excluding hydrogens is 256 g/mol. The molecule has 0 bridgehead atoms. The molecule has 0 aliphatic heterocycles. The highest BCUT2D eigenvalue weighted by Gasteiger charge is 2.03. The SMILES string of the molecule is CSc1cccc(NC(=O)CCc2cccnc2)c1. The largest absolute Gasteiger partial charge is 0.326 e. The van der Waals surface area contributed by atoms with Crippen LogP contribution >= 0.6 is 11.8 Å². The standard InChI is InChI=1S/C15H16N2OS/c1-19-14-6-2-5-13(10-14)17-15(18)8-7-12-4-3-9-16-11-12/h2-6,9-11H,7-8H2,1H3,(H,17,18). The normalized spacial score (nSPS) is 10.2. The number of aromatic nitrogens is 1. The van der Waals surface area contributed by atoms with Crippen molar-refractivity contribution in [2.45, 2.75) is 17.7 Å². The quantitative estimate of drug-likeness (QED) is 0.848. The molecule has 0 saturated carbocycles. The fraction of sp³-hybridized carbons (Fsp3) is 0.200. The van der Waals surface area contributed by atoms with Crippen molar-refractivity contribution in [2.24, 2.45) is 0 Å². The van der Waals surface area contributed by atoms with Gasteiger partial charge < -0.3 is 5.32 Å². The molecule has 1 aromatic carbocycles. The molecule has 4 heteroatoms. The van der Waals surface area contributed by atoms with Crippen molar-refractivity contribution in [2.75, 3.05) is 11.6 Å². The highest BCUT2D eigenvalue weighted by molar-refractivity contribution is 7.98. The molecule has 2 aromatic rings. The summed E-state index contributed by atoms with van der Waals surface area (Å²) in [5, 5.41) is 2.91. The van der Waals surface area contributed by atoms with Crippen LogP contribution in [0.25, 0.3) is 0 Å². The minimum Gasteiger partial charge on any atom is -0.326 e. The average Bonchev–Trinajstić information content (AvgIpc) is 2.46. The summed E-state index contributed by atoms with van der Waals surface area (Å²) in [6.07, 6.45) is 6.72. The fourth-order valence-electron chi connectivity index (χ4n) is 1.73. The molecule has 3 nitrogen and oxygen atoms in total. The molecule has 0 aliphatic rings. The Bertz CT molecular complexity index is 543. The van der Waals surface area contributed by atoms with Crippen molar-refractivity contribution < 1.29 is 4.79 Å². The van der Waals surface area contributed by atoms with Crippen molar-refractivity contribution >= 4 is 23.4 Å². The maximum atomic E-state index is 11.8. The van der Waals surface area contributed by atoms with Gasteiger partial charge in [-0.1, -0.05) is 12.1 Å². The lowest BCUT2D eigenvalue weighted by atomic mass is 10.1. The molecule has 0 spiro atoms. The molecule has 98 valence electrons. The van der Waals surface area contributed by atoms with E-state index in [2.05, 4.69) is 10.3 Å². The van der Waals surface area contributed by atoms with Gasteiger partial charge in [-0.25, -0.2) is 0 Å². The second kappa shape index (κ2) is 6.95. The lowest BCUT2D eigenvalue weighted by Crippen LogP contribution is -2.12. The van der Waals surface area contributed by atoms with Crippen LogP contribution in [0.2, 0.25) is 0 Å². The Kier molecular flexibility index (Phi) is 4.98. The number of pyridine rings is 1. The summed E-state index contributed by atoms with van der Waals surface area (Å²) in [6.45, 7) is 0. The second-order valence-corrected chi connectivity index (χ2v) is 5.02. The van der Waals surface area contributed by atoms with Crippen molar-refractivity contribution in [1.29, 1.82) is 0 Å². The molecule has 0 unspecified atom stereocenters. The highest BCUT2D eigenvalue weighted by atomic mass is 32.2. The molecule has 0 fully saturated rings. The first-order chi connectivity index (χ1) is 9.28. The number of benzene rings is 1. The number of hydrogen-bond acceptors (Lipinski definition) is 3. The van der Waals surface area contributed by atoms with Gasteiger partial charge in [0.05, 0.1) is 0 Å². The summed E-state index contributed by atoms with van der Waals surface area (Å²) in [5.74, 6) is 0.0297. The predicted octanol–water partition coefficient (Wildman–Crippen LogP) is 3.37. The molecule has 1 heterocycles. The fourth-order valence-corrected chi connectivity index (χ4v) is 2.19. The molecular formula is C15H16N2OS. The Morgan fingerprint density at radius 1 is 1.32 bits per heavy atom. The van der Waals surface area contributed by atoms with Crippen molar-refractivity contribution in [3.8, 4) is 0 Å². The van der Waals surface area contributed by atoms with E-state index in [0.29, 0.717) is 12.8 Å². The Hall–Kier alpha value is -1.81. The van der Waals surface area contributed by atoms with Gasteiger partial charge in [-0.3, -0.25) is 9.78 Å². The predicted molar refractivity (Wildman–Crippen MR) is 79.4 cm³/mol. The zero-order chi connectivity index (χ0) is 13.5. The van der Waals surface area contributed by atoms with Gasteiger partial charge in [0.25, 0.3) is 0 Å². The molecule has 0 saturated heterocycles. The number of amides is 1. The van der Waals surface area contributed by atoms with E-state index in [1.165, 1.54) is 0 Å². The number of carbonyl (C=O) groups excluding carboxylic acids is 1. The van der Waals surface area contributed by atoms with Crippen molar-refractivity contribution in [3.63, 3.8) is 0 Å². The van der Waals surface area contributed by atoms with Gasteiger partial charge in [0.15, 0.2) is 0 Å².